The van der Waals surface area contributed by atoms with Crippen LogP contribution in [0, 0.1) is 20.8 Å². The van der Waals surface area contributed by atoms with E-state index in [1.165, 1.54) is 5.56 Å². The lowest BCUT2D eigenvalue weighted by atomic mass is 9.99. The normalized spacial score (nSPS) is 19.8. The minimum Gasteiger partial charge on any atom is -0.490 e. The summed E-state index contributed by atoms with van der Waals surface area (Å²) in [5.74, 6) is 0.801. The molecular formula is C19H20O3. The van der Waals surface area contributed by atoms with Crippen molar-refractivity contribution < 1.29 is 14.3 Å². The van der Waals surface area contributed by atoms with Crippen LogP contribution >= 0.6 is 0 Å². The standard InChI is InChI=1S/C19H20O3/c1-12-9-13(2)18(14(3)16(12)10-20)21-11-17-19(22-17)15-7-5-4-6-8-15/h4-10,17,19H,11H2,1-3H3. The lowest BCUT2D eigenvalue weighted by molar-refractivity contribution is 0.112. The Kier molecular flexibility index (Phi) is 3.99. The summed E-state index contributed by atoms with van der Waals surface area (Å²) in [5, 5.41) is 0. The Labute approximate surface area is 130 Å². The summed E-state index contributed by atoms with van der Waals surface area (Å²) in [4.78, 5) is 11.2. The molecule has 3 rings (SSSR count). The van der Waals surface area contributed by atoms with Gasteiger partial charge >= 0.3 is 0 Å². The van der Waals surface area contributed by atoms with Gasteiger partial charge in [0.25, 0.3) is 0 Å². The lowest BCUT2D eigenvalue weighted by Gasteiger charge is -2.14. The van der Waals surface area contributed by atoms with E-state index in [0.29, 0.717) is 6.61 Å². The van der Waals surface area contributed by atoms with Gasteiger partial charge in [0.05, 0.1) is 0 Å². The number of carbonyl (C=O) groups excluding carboxylic acids is 1. The fraction of sp³-hybridized carbons (Fsp3) is 0.316. The second kappa shape index (κ2) is 5.93. The van der Waals surface area contributed by atoms with Gasteiger partial charge in [-0.05, 0) is 37.5 Å². The van der Waals surface area contributed by atoms with Crippen molar-refractivity contribution in [3.63, 3.8) is 0 Å². The van der Waals surface area contributed by atoms with E-state index in [1.54, 1.807) is 0 Å². The summed E-state index contributed by atoms with van der Waals surface area (Å²) in [5.41, 5.74) is 4.85. The van der Waals surface area contributed by atoms with E-state index >= 15 is 0 Å². The molecular weight excluding hydrogens is 276 g/mol. The molecule has 1 saturated heterocycles. The van der Waals surface area contributed by atoms with Gasteiger partial charge in [-0.2, -0.15) is 0 Å². The molecule has 1 aliphatic rings. The molecule has 0 radical (unpaired) electrons. The molecule has 0 aromatic heterocycles. The van der Waals surface area contributed by atoms with Crippen molar-refractivity contribution in [1.82, 2.24) is 0 Å². The Morgan fingerprint density at radius 3 is 2.55 bits per heavy atom. The van der Waals surface area contributed by atoms with E-state index in [1.807, 2.05) is 45.0 Å². The first-order valence-electron chi connectivity index (χ1n) is 7.51. The second-order valence-electron chi connectivity index (χ2n) is 5.81. The van der Waals surface area contributed by atoms with Gasteiger partial charge < -0.3 is 9.47 Å². The molecule has 2 aromatic carbocycles. The van der Waals surface area contributed by atoms with Gasteiger partial charge in [0.15, 0.2) is 6.29 Å². The predicted octanol–water partition coefficient (Wildman–Crippen LogP) is 3.94. The largest absolute Gasteiger partial charge is 0.490 e. The predicted molar refractivity (Wildman–Crippen MR) is 85.6 cm³/mol. The highest BCUT2D eigenvalue weighted by atomic mass is 16.6. The van der Waals surface area contributed by atoms with Crippen molar-refractivity contribution in [2.24, 2.45) is 0 Å². The van der Waals surface area contributed by atoms with Crippen molar-refractivity contribution in [3.8, 4) is 5.75 Å². The molecule has 0 amide bonds. The zero-order valence-electron chi connectivity index (χ0n) is 13.1. The fourth-order valence-corrected chi connectivity index (χ4v) is 2.96. The molecule has 2 unspecified atom stereocenters. The maximum Gasteiger partial charge on any atom is 0.150 e. The number of rotatable bonds is 5. The quantitative estimate of drug-likeness (QED) is 0.619. The highest BCUT2D eigenvalue weighted by Crippen LogP contribution is 2.39. The summed E-state index contributed by atoms with van der Waals surface area (Å²) in [6.45, 7) is 6.39. The van der Waals surface area contributed by atoms with E-state index < -0.39 is 0 Å². The highest BCUT2D eigenvalue weighted by molar-refractivity contribution is 5.81. The van der Waals surface area contributed by atoms with E-state index in [-0.39, 0.29) is 12.2 Å². The molecule has 3 heteroatoms. The molecule has 2 aromatic rings. The van der Waals surface area contributed by atoms with Crippen molar-refractivity contribution in [3.05, 3.63) is 64.2 Å². The van der Waals surface area contributed by atoms with Crippen LogP contribution in [0.5, 0.6) is 5.75 Å². The van der Waals surface area contributed by atoms with Gasteiger partial charge in [0, 0.05) is 11.1 Å². The molecule has 3 nitrogen and oxygen atoms in total. The topological polar surface area (TPSA) is 38.8 Å². The Morgan fingerprint density at radius 2 is 1.86 bits per heavy atom. The number of epoxide rings is 1. The van der Waals surface area contributed by atoms with Crippen LogP contribution in [0.4, 0.5) is 0 Å². The van der Waals surface area contributed by atoms with Crippen LogP contribution < -0.4 is 4.74 Å². The summed E-state index contributed by atoms with van der Waals surface area (Å²) < 4.78 is 11.6. The van der Waals surface area contributed by atoms with E-state index in [0.717, 1.165) is 34.3 Å². The van der Waals surface area contributed by atoms with Crippen LogP contribution in [0.1, 0.15) is 38.7 Å². The average Bonchev–Trinajstić information content (AvgIpc) is 3.27. The van der Waals surface area contributed by atoms with E-state index in [2.05, 4.69) is 12.1 Å². The Morgan fingerprint density at radius 1 is 1.14 bits per heavy atom. The van der Waals surface area contributed by atoms with Crippen LogP contribution in [-0.4, -0.2) is 19.0 Å². The Hall–Kier alpha value is -2.13. The molecule has 114 valence electrons. The van der Waals surface area contributed by atoms with E-state index in [9.17, 15) is 4.79 Å². The molecule has 0 aliphatic carbocycles. The van der Waals surface area contributed by atoms with Crippen molar-refractivity contribution in [1.29, 1.82) is 0 Å². The first-order chi connectivity index (χ1) is 10.6. The first kappa shape index (κ1) is 14.8. The Bertz CT molecular complexity index is 692. The summed E-state index contributed by atoms with van der Waals surface area (Å²) in [7, 11) is 0. The van der Waals surface area contributed by atoms with E-state index in [4.69, 9.17) is 9.47 Å². The lowest BCUT2D eigenvalue weighted by Crippen LogP contribution is -2.09. The summed E-state index contributed by atoms with van der Waals surface area (Å²) >= 11 is 0. The number of carbonyl (C=O) groups is 1. The van der Waals surface area contributed by atoms with Crippen LogP contribution in [-0.2, 0) is 4.74 Å². The van der Waals surface area contributed by atoms with Crippen LogP contribution in [0.25, 0.3) is 0 Å². The number of aldehydes is 1. The first-order valence-corrected chi connectivity index (χ1v) is 7.51. The van der Waals surface area contributed by atoms with Gasteiger partial charge in [0.2, 0.25) is 0 Å². The third kappa shape index (κ3) is 2.77. The van der Waals surface area contributed by atoms with Gasteiger partial charge in [-0.15, -0.1) is 0 Å². The van der Waals surface area contributed by atoms with Crippen LogP contribution in [0.2, 0.25) is 0 Å². The molecule has 2 atom stereocenters. The SMILES string of the molecule is Cc1cc(C)c(OCC2OC2c2ccccc2)c(C)c1C=O. The summed E-state index contributed by atoms with van der Waals surface area (Å²) in [6, 6.07) is 12.2. The smallest absolute Gasteiger partial charge is 0.150 e. The second-order valence-corrected chi connectivity index (χ2v) is 5.81. The van der Waals surface area contributed by atoms with Crippen molar-refractivity contribution in [2.75, 3.05) is 6.61 Å². The van der Waals surface area contributed by atoms with Crippen molar-refractivity contribution >= 4 is 6.29 Å². The van der Waals surface area contributed by atoms with Gasteiger partial charge in [0.1, 0.15) is 24.6 Å². The zero-order chi connectivity index (χ0) is 15.7. The fourth-order valence-electron chi connectivity index (χ4n) is 2.96. The molecule has 0 N–H and O–H groups in total. The van der Waals surface area contributed by atoms with Crippen LogP contribution in [0.15, 0.2) is 36.4 Å². The third-order valence-electron chi connectivity index (χ3n) is 4.18. The number of aryl methyl sites for hydroxylation is 2. The van der Waals surface area contributed by atoms with Gasteiger partial charge in [-0.1, -0.05) is 36.4 Å². The number of hydrogen-bond acceptors (Lipinski definition) is 3. The molecule has 1 aliphatic heterocycles. The monoisotopic (exact) mass is 296 g/mol. The zero-order valence-corrected chi connectivity index (χ0v) is 13.1. The minimum absolute atomic E-state index is 0.0854. The molecule has 0 saturated carbocycles. The van der Waals surface area contributed by atoms with Crippen molar-refractivity contribution in [2.45, 2.75) is 33.0 Å². The summed E-state index contributed by atoms with van der Waals surface area (Å²) in [6.07, 6.45) is 1.11. The molecule has 22 heavy (non-hydrogen) atoms. The number of hydrogen-bond donors (Lipinski definition) is 0. The molecule has 1 heterocycles. The highest BCUT2D eigenvalue weighted by Gasteiger charge is 2.40. The third-order valence-corrected chi connectivity index (χ3v) is 4.18. The molecule has 0 spiro atoms. The average molecular weight is 296 g/mol. The maximum atomic E-state index is 11.2. The minimum atomic E-state index is 0.0854. The Balaban J connectivity index is 1.70. The number of ether oxygens (including phenoxy) is 2. The van der Waals surface area contributed by atoms with Gasteiger partial charge in [-0.25, -0.2) is 0 Å². The number of benzene rings is 2. The maximum absolute atomic E-state index is 11.2. The molecule has 0 bridgehead atoms. The van der Waals surface area contributed by atoms with Gasteiger partial charge in [-0.3, -0.25) is 4.79 Å². The molecule has 1 fully saturated rings. The van der Waals surface area contributed by atoms with Crippen LogP contribution in [0.3, 0.4) is 0 Å².